The summed E-state index contributed by atoms with van der Waals surface area (Å²) < 4.78 is 6.37. The number of carboxylic acid groups (broad SMARTS) is 1. The Kier molecular flexibility index (Phi) is 7.44. The van der Waals surface area contributed by atoms with Crippen LogP contribution in [0, 0.1) is 0 Å². The van der Waals surface area contributed by atoms with Crippen molar-refractivity contribution in [2.24, 2.45) is 0 Å². The van der Waals surface area contributed by atoms with Gasteiger partial charge in [0.05, 0.1) is 15.7 Å². The number of ether oxygens (including phenoxy) is 1. The fourth-order valence-electron chi connectivity index (χ4n) is 3.33. The number of nitrogens with one attached hydrogen (secondary N) is 1. The predicted molar refractivity (Wildman–Crippen MR) is 137 cm³/mol. The Morgan fingerprint density at radius 1 is 1.03 bits per heavy atom. The lowest BCUT2D eigenvalue weighted by atomic mass is 10.1. The molecule has 182 valence electrons. The first-order chi connectivity index (χ1) is 17.1. The van der Waals surface area contributed by atoms with E-state index in [2.05, 4.69) is 21.2 Å². The molecule has 0 spiro atoms. The average Bonchev–Trinajstić information content (AvgIpc) is 2.82. The summed E-state index contributed by atoms with van der Waals surface area (Å²) in [4.78, 5) is 49.6. The molecule has 0 radical (unpaired) electrons. The molecule has 4 rings (SSSR count). The summed E-state index contributed by atoms with van der Waals surface area (Å²) in [5.41, 5.74) is 1.07. The lowest BCUT2D eigenvalue weighted by Crippen LogP contribution is -2.54. The molecule has 3 aromatic rings. The van der Waals surface area contributed by atoms with E-state index in [0.29, 0.717) is 25.8 Å². The highest BCUT2D eigenvalue weighted by molar-refractivity contribution is 9.10. The molecule has 0 atom stereocenters. The van der Waals surface area contributed by atoms with Gasteiger partial charge in [-0.3, -0.25) is 14.9 Å². The van der Waals surface area contributed by atoms with Crippen molar-refractivity contribution in [3.8, 4) is 5.75 Å². The van der Waals surface area contributed by atoms with Gasteiger partial charge in [-0.25, -0.2) is 14.5 Å². The maximum atomic E-state index is 13.0. The third-order valence-electron chi connectivity index (χ3n) is 5.14. The van der Waals surface area contributed by atoms with Crippen molar-refractivity contribution in [1.82, 2.24) is 5.32 Å². The lowest BCUT2D eigenvalue weighted by Gasteiger charge is -2.26. The smallest absolute Gasteiger partial charge is 0.335 e. The van der Waals surface area contributed by atoms with Gasteiger partial charge in [0.15, 0.2) is 0 Å². The zero-order valence-corrected chi connectivity index (χ0v) is 21.2. The van der Waals surface area contributed by atoms with E-state index in [1.54, 1.807) is 36.4 Å². The first-order valence-corrected chi connectivity index (χ1v) is 11.8. The number of hydrogen-bond acceptors (Lipinski definition) is 5. The SMILES string of the molecule is O=C1NC(=O)N(c2ccc(C(=O)O)cc2)C(=O)/C1=C/c1ccc(OCc2ccc(Cl)cc2Cl)c(Br)c1. The molecular formula is C25H15BrCl2N2O6. The van der Waals surface area contributed by atoms with Crippen molar-refractivity contribution < 1.29 is 29.0 Å². The first-order valence-electron chi connectivity index (χ1n) is 10.2. The van der Waals surface area contributed by atoms with Crippen LogP contribution in [0.5, 0.6) is 5.75 Å². The van der Waals surface area contributed by atoms with Gasteiger partial charge >= 0.3 is 12.0 Å². The van der Waals surface area contributed by atoms with Gasteiger partial charge in [-0.2, -0.15) is 0 Å². The summed E-state index contributed by atoms with van der Waals surface area (Å²) >= 11 is 15.5. The summed E-state index contributed by atoms with van der Waals surface area (Å²) in [5, 5.41) is 12.2. The lowest BCUT2D eigenvalue weighted by molar-refractivity contribution is -0.122. The molecule has 4 amide bonds. The Morgan fingerprint density at radius 2 is 1.75 bits per heavy atom. The number of amides is 4. The van der Waals surface area contributed by atoms with Gasteiger partial charge in [-0.15, -0.1) is 0 Å². The third kappa shape index (κ3) is 5.43. The molecule has 0 unspecified atom stereocenters. The van der Waals surface area contributed by atoms with E-state index in [1.807, 2.05) is 0 Å². The predicted octanol–water partition coefficient (Wildman–Crippen LogP) is 5.70. The number of carboxylic acids is 1. The minimum absolute atomic E-state index is 0.0130. The van der Waals surface area contributed by atoms with Crippen molar-refractivity contribution in [1.29, 1.82) is 0 Å². The van der Waals surface area contributed by atoms with Crippen LogP contribution in [0.15, 0.2) is 70.7 Å². The Bertz CT molecular complexity index is 1440. The number of benzene rings is 3. The topological polar surface area (TPSA) is 113 Å². The van der Waals surface area contributed by atoms with Crippen molar-refractivity contribution in [3.63, 3.8) is 0 Å². The molecule has 1 aliphatic heterocycles. The number of nitrogens with zero attached hydrogens (tertiary/aromatic N) is 1. The number of carbonyl (C=O) groups is 4. The second kappa shape index (κ2) is 10.5. The fourth-order valence-corrected chi connectivity index (χ4v) is 4.30. The molecule has 1 fully saturated rings. The number of carbonyl (C=O) groups excluding carboxylic acids is 3. The van der Waals surface area contributed by atoms with E-state index in [9.17, 15) is 19.2 Å². The molecular weight excluding hydrogens is 575 g/mol. The zero-order chi connectivity index (χ0) is 26.0. The molecule has 36 heavy (non-hydrogen) atoms. The van der Waals surface area contributed by atoms with Gasteiger partial charge in [-0.1, -0.05) is 35.3 Å². The van der Waals surface area contributed by atoms with Gasteiger partial charge in [-0.05, 0) is 76.1 Å². The summed E-state index contributed by atoms with van der Waals surface area (Å²) in [6, 6.07) is 14.2. The van der Waals surface area contributed by atoms with Gasteiger partial charge in [0, 0.05) is 15.6 Å². The van der Waals surface area contributed by atoms with Crippen LogP contribution in [-0.4, -0.2) is 28.9 Å². The second-order valence-electron chi connectivity index (χ2n) is 7.52. The molecule has 11 heteroatoms. The number of halogens is 3. The number of imide groups is 2. The van der Waals surface area contributed by atoms with E-state index in [0.717, 1.165) is 10.5 Å². The fraction of sp³-hybridized carbons (Fsp3) is 0.0400. The number of anilines is 1. The van der Waals surface area contributed by atoms with E-state index in [4.69, 9.17) is 33.0 Å². The molecule has 2 N–H and O–H groups in total. The van der Waals surface area contributed by atoms with E-state index in [1.165, 1.54) is 30.3 Å². The van der Waals surface area contributed by atoms with Crippen LogP contribution < -0.4 is 15.0 Å². The Balaban J connectivity index is 1.55. The number of rotatable bonds is 6. The monoisotopic (exact) mass is 588 g/mol. The molecule has 3 aromatic carbocycles. The van der Waals surface area contributed by atoms with Crippen LogP contribution in [0.1, 0.15) is 21.5 Å². The van der Waals surface area contributed by atoms with Gasteiger partial charge in [0.2, 0.25) is 0 Å². The molecule has 8 nitrogen and oxygen atoms in total. The molecule has 1 heterocycles. The molecule has 0 aromatic heterocycles. The maximum Gasteiger partial charge on any atom is 0.335 e. The Hall–Kier alpha value is -3.66. The summed E-state index contributed by atoms with van der Waals surface area (Å²) in [6.45, 7) is 0.188. The standard InChI is InChI=1S/C25H15BrCl2N2O6/c26-19-10-13(1-8-21(19)36-12-15-2-5-16(27)11-20(15)28)9-18-22(31)29-25(35)30(23(18)32)17-6-3-14(4-7-17)24(33)34/h1-11H,12H2,(H,33,34)(H,29,31,35)/b18-9+. The van der Waals surface area contributed by atoms with Crippen molar-refractivity contribution >= 4 is 74.7 Å². The molecule has 0 aliphatic carbocycles. The quantitative estimate of drug-likeness (QED) is 0.282. The van der Waals surface area contributed by atoms with E-state index >= 15 is 0 Å². The average molecular weight is 590 g/mol. The maximum absolute atomic E-state index is 13.0. The summed E-state index contributed by atoms with van der Waals surface area (Å²) in [7, 11) is 0. The first kappa shape index (κ1) is 25.4. The zero-order valence-electron chi connectivity index (χ0n) is 18.1. The molecule has 1 saturated heterocycles. The molecule has 1 aliphatic rings. The third-order valence-corrected chi connectivity index (χ3v) is 6.35. The Morgan fingerprint density at radius 3 is 2.39 bits per heavy atom. The minimum Gasteiger partial charge on any atom is -0.488 e. The van der Waals surface area contributed by atoms with Crippen molar-refractivity contribution in [2.45, 2.75) is 6.61 Å². The van der Waals surface area contributed by atoms with Crippen LogP contribution >= 0.6 is 39.1 Å². The van der Waals surface area contributed by atoms with Crippen LogP contribution in [0.3, 0.4) is 0 Å². The Labute approximate surface area is 223 Å². The second-order valence-corrected chi connectivity index (χ2v) is 9.22. The van der Waals surface area contributed by atoms with E-state index in [-0.39, 0.29) is 23.4 Å². The number of aromatic carboxylic acids is 1. The van der Waals surface area contributed by atoms with Gasteiger partial charge in [0.1, 0.15) is 17.9 Å². The number of barbiturate groups is 1. The summed E-state index contributed by atoms with van der Waals surface area (Å²) in [5.74, 6) is -2.35. The number of urea groups is 1. The summed E-state index contributed by atoms with van der Waals surface area (Å²) in [6.07, 6.45) is 1.34. The molecule has 0 saturated carbocycles. The van der Waals surface area contributed by atoms with Crippen LogP contribution in [-0.2, 0) is 16.2 Å². The molecule has 0 bridgehead atoms. The van der Waals surface area contributed by atoms with E-state index < -0.39 is 23.8 Å². The van der Waals surface area contributed by atoms with Crippen molar-refractivity contribution in [3.05, 3.63) is 97.4 Å². The largest absolute Gasteiger partial charge is 0.488 e. The minimum atomic E-state index is -1.15. The highest BCUT2D eigenvalue weighted by Crippen LogP contribution is 2.30. The van der Waals surface area contributed by atoms with Crippen LogP contribution in [0.4, 0.5) is 10.5 Å². The highest BCUT2D eigenvalue weighted by atomic mass is 79.9. The number of hydrogen-bond donors (Lipinski definition) is 2. The highest BCUT2D eigenvalue weighted by Gasteiger charge is 2.36. The normalized spacial score (nSPS) is 14.7. The van der Waals surface area contributed by atoms with Crippen molar-refractivity contribution in [2.75, 3.05) is 4.90 Å². The van der Waals surface area contributed by atoms with Gasteiger partial charge < -0.3 is 9.84 Å². The van der Waals surface area contributed by atoms with Crippen LogP contribution in [0.2, 0.25) is 10.0 Å². The van der Waals surface area contributed by atoms with Crippen LogP contribution in [0.25, 0.3) is 6.08 Å². The van der Waals surface area contributed by atoms with Gasteiger partial charge in [0.25, 0.3) is 11.8 Å².